The van der Waals surface area contributed by atoms with E-state index < -0.39 is 0 Å². The molecule has 0 saturated carbocycles. The van der Waals surface area contributed by atoms with Gasteiger partial charge >= 0.3 is 6.03 Å². The Kier molecular flexibility index (Phi) is 3.87. The SMILES string of the molecule is C[C@@H]1CN(C2=NC(=O)N(c3ccc(Cl)cc3)C2)C[C@H](C)O1. The fraction of sp³-hybridized carbons (Fsp3) is 0.467. The highest BCUT2D eigenvalue weighted by Crippen LogP contribution is 2.23. The van der Waals surface area contributed by atoms with E-state index in [2.05, 4.69) is 9.89 Å². The number of halogens is 1. The Labute approximate surface area is 129 Å². The molecule has 2 atom stereocenters. The molecule has 0 aliphatic carbocycles. The zero-order valence-corrected chi connectivity index (χ0v) is 12.9. The van der Waals surface area contributed by atoms with Crippen molar-refractivity contribution in [2.45, 2.75) is 26.1 Å². The van der Waals surface area contributed by atoms with E-state index in [0.29, 0.717) is 11.6 Å². The molecule has 0 aromatic heterocycles. The van der Waals surface area contributed by atoms with Gasteiger partial charge in [0.15, 0.2) is 0 Å². The Morgan fingerprint density at radius 2 is 1.81 bits per heavy atom. The minimum absolute atomic E-state index is 0.149. The van der Waals surface area contributed by atoms with E-state index in [9.17, 15) is 4.79 Å². The van der Waals surface area contributed by atoms with E-state index >= 15 is 0 Å². The number of amidine groups is 1. The molecule has 2 aliphatic rings. The van der Waals surface area contributed by atoms with E-state index in [0.717, 1.165) is 24.6 Å². The number of hydrogen-bond acceptors (Lipinski definition) is 3. The molecule has 0 N–H and O–H groups in total. The van der Waals surface area contributed by atoms with Gasteiger partial charge in [-0.3, -0.25) is 4.90 Å². The molecule has 0 unspecified atom stereocenters. The average molecular weight is 308 g/mol. The summed E-state index contributed by atoms with van der Waals surface area (Å²) in [5.41, 5.74) is 0.817. The third-order valence-electron chi connectivity index (χ3n) is 3.68. The van der Waals surface area contributed by atoms with Crippen molar-refractivity contribution >= 4 is 29.2 Å². The first-order valence-electron chi connectivity index (χ1n) is 7.08. The number of amides is 2. The molecule has 112 valence electrons. The lowest BCUT2D eigenvalue weighted by Gasteiger charge is -2.36. The number of benzene rings is 1. The van der Waals surface area contributed by atoms with Gasteiger partial charge in [-0.25, -0.2) is 4.79 Å². The molecule has 1 saturated heterocycles. The first-order valence-corrected chi connectivity index (χ1v) is 7.46. The fourth-order valence-electron chi connectivity index (χ4n) is 2.80. The summed E-state index contributed by atoms with van der Waals surface area (Å²) in [5.74, 6) is 0.817. The summed E-state index contributed by atoms with van der Waals surface area (Å²) in [6.45, 7) is 6.11. The highest BCUT2D eigenvalue weighted by molar-refractivity contribution is 6.30. The van der Waals surface area contributed by atoms with Crippen molar-refractivity contribution in [2.75, 3.05) is 24.5 Å². The monoisotopic (exact) mass is 307 g/mol. The first-order chi connectivity index (χ1) is 10.0. The maximum absolute atomic E-state index is 12.1. The summed E-state index contributed by atoms with van der Waals surface area (Å²) >= 11 is 5.88. The fourth-order valence-corrected chi connectivity index (χ4v) is 2.92. The van der Waals surface area contributed by atoms with Crippen LogP contribution in [0.1, 0.15) is 13.8 Å². The van der Waals surface area contributed by atoms with Crippen LogP contribution in [0.4, 0.5) is 10.5 Å². The van der Waals surface area contributed by atoms with E-state index in [-0.39, 0.29) is 18.2 Å². The molecule has 1 aromatic rings. The van der Waals surface area contributed by atoms with Crippen LogP contribution in [0.2, 0.25) is 5.02 Å². The highest BCUT2D eigenvalue weighted by Gasteiger charge is 2.32. The minimum atomic E-state index is -0.223. The number of morpholine rings is 1. The van der Waals surface area contributed by atoms with Crippen molar-refractivity contribution in [1.82, 2.24) is 4.90 Å². The van der Waals surface area contributed by atoms with Gasteiger partial charge in [-0.1, -0.05) is 11.6 Å². The quantitative estimate of drug-likeness (QED) is 0.801. The van der Waals surface area contributed by atoms with Crippen molar-refractivity contribution in [1.29, 1.82) is 0 Å². The van der Waals surface area contributed by atoms with E-state index in [1.165, 1.54) is 0 Å². The van der Waals surface area contributed by atoms with Gasteiger partial charge in [0.05, 0.1) is 18.8 Å². The predicted octanol–water partition coefficient (Wildman–Crippen LogP) is 2.79. The van der Waals surface area contributed by atoms with Crippen LogP contribution in [-0.4, -0.2) is 48.6 Å². The smallest absolute Gasteiger partial charge is 0.350 e. The van der Waals surface area contributed by atoms with Gasteiger partial charge in [0.25, 0.3) is 0 Å². The lowest BCUT2D eigenvalue weighted by atomic mass is 10.2. The normalized spacial score (nSPS) is 26.2. The zero-order valence-electron chi connectivity index (χ0n) is 12.1. The highest BCUT2D eigenvalue weighted by atomic mass is 35.5. The van der Waals surface area contributed by atoms with Gasteiger partial charge in [-0.2, -0.15) is 4.99 Å². The van der Waals surface area contributed by atoms with E-state index in [4.69, 9.17) is 16.3 Å². The molecule has 3 rings (SSSR count). The second kappa shape index (κ2) is 5.66. The summed E-state index contributed by atoms with van der Waals surface area (Å²) in [7, 11) is 0. The van der Waals surface area contributed by atoms with Gasteiger partial charge in [0.2, 0.25) is 0 Å². The maximum Gasteiger partial charge on any atom is 0.350 e. The number of carbonyl (C=O) groups is 1. The van der Waals surface area contributed by atoms with Crippen LogP contribution in [0.25, 0.3) is 0 Å². The van der Waals surface area contributed by atoms with Crippen LogP contribution >= 0.6 is 11.6 Å². The first kappa shape index (κ1) is 14.4. The second-order valence-electron chi connectivity index (χ2n) is 5.54. The molecule has 0 radical (unpaired) electrons. The van der Waals surface area contributed by atoms with Gasteiger partial charge < -0.3 is 9.64 Å². The summed E-state index contributed by atoms with van der Waals surface area (Å²) in [4.78, 5) is 20.1. The van der Waals surface area contributed by atoms with Crippen LogP contribution in [0.15, 0.2) is 29.3 Å². The number of aliphatic imine (C=N–C) groups is 1. The third-order valence-corrected chi connectivity index (χ3v) is 3.93. The van der Waals surface area contributed by atoms with Crippen molar-refractivity contribution in [3.05, 3.63) is 29.3 Å². The lowest BCUT2D eigenvalue weighted by Crippen LogP contribution is -2.49. The lowest BCUT2D eigenvalue weighted by molar-refractivity contribution is -0.0481. The molecule has 21 heavy (non-hydrogen) atoms. The Morgan fingerprint density at radius 1 is 1.19 bits per heavy atom. The van der Waals surface area contributed by atoms with Crippen molar-refractivity contribution in [2.24, 2.45) is 4.99 Å². The Bertz CT molecular complexity index is 563. The molecule has 1 aromatic carbocycles. The Morgan fingerprint density at radius 3 is 2.43 bits per heavy atom. The molecular weight excluding hydrogens is 290 g/mol. The molecule has 1 fully saturated rings. The molecule has 2 aliphatic heterocycles. The number of anilines is 1. The van der Waals surface area contributed by atoms with Crippen LogP contribution in [-0.2, 0) is 4.74 Å². The number of rotatable bonds is 1. The molecule has 0 bridgehead atoms. The predicted molar refractivity (Wildman–Crippen MR) is 83.2 cm³/mol. The van der Waals surface area contributed by atoms with Gasteiger partial charge in [0.1, 0.15) is 5.84 Å². The molecule has 2 amide bonds. The zero-order chi connectivity index (χ0) is 15.0. The summed E-state index contributed by atoms with van der Waals surface area (Å²) in [6.07, 6.45) is 0.298. The van der Waals surface area contributed by atoms with Gasteiger partial charge in [0, 0.05) is 23.8 Å². The number of hydrogen-bond donors (Lipinski definition) is 0. The molecule has 6 heteroatoms. The molecule has 0 spiro atoms. The maximum atomic E-state index is 12.1. The van der Waals surface area contributed by atoms with E-state index in [1.807, 2.05) is 26.0 Å². The van der Waals surface area contributed by atoms with Gasteiger partial charge in [-0.05, 0) is 38.1 Å². The van der Waals surface area contributed by atoms with Gasteiger partial charge in [-0.15, -0.1) is 0 Å². The number of ether oxygens (including phenoxy) is 1. The van der Waals surface area contributed by atoms with Crippen LogP contribution in [0, 0.1) is 0 Å². The summed E-state index contributed by atoms with van der Waals surface area (Å²) in [5, 5.41) is 0.655. The Hall–Kier alpha value is -1.59. The molecule has 5 nitrogen and oxygen atoms in total. The van der Waals surface area contributed by atoms with Crippen molar-refractivity contribution in [3.8, 4) is 0 Å². The van der Waals surface area contributed by atoms with Crippen molar-refractivity contribution in [3.63, 3.8) is 0 Å². The third kappa shape index (κ3) is 3.04. The number of urea groups is 1. The summed E-state index contributed by atoms with van der Waals surface area (Å²) < 4.78 is 5.72. The van der Waals surface area contributed by atoms with Crippen molar-refractivity contribution < 1.29 is 9.53 Å². The Balaban J connectivity index is 1.74. The topological polar surface area (TPSA) is 45.1 Å². The van der Waals surface area contributed by atoms with E-state index in [1.54, 1.807) is 17.0 Å². The number of carbonyl (C=O) groups excluding carboxylic acids is 1. The second-order valence-corrected chi connectivity index (χ2v) is 5.97. The summed E-state index contributed by atoms with van der Waals surface area (Å²) in [6, 6.07) is 7.01. The van der Waals surface area contributed by atoms with Crippen LogP contribution in [0.3, 0.4) is 0 Å². The standard InChI is InChI=1S/C15H18ClN3O2/c1-10-7-18(8-11(2)21-10)14-9-19(15(20)17-14)13-5-3-12(16)4-6-13/h3-6,10-11H,7-9H2,1-2H3/t10-,11+. The molecule has 2 heterocycles. The van der Waals surface area contributed by atoms with Crippen LogP contribution in [0.5, 0.6) is 0 Å². The minimum Gasteiger partial charge on any atom is -0.372 e. The largest absolute Gasteiger partial charge is 0.372 e. The average Bonchev–Trinajstić information content (AvgIpc) is 2.81. The van der Waals surface area contributed by atoms with Crippen LogP contribution < -0.4 is 4.90 Å². The molecular formula is C15H18ClN3O2. The number of nitrogens with zero attached hydrogens (tertiary/aromatic N) is 3.